The quantitative estimate of drug-likeness (QED) is 0.685. The first-order valence-electron chi connectivity index (χ1n) is 4.61. The Kier molecular flexibility index (Phi) is 2.54. The standard InChI is InChI=1S/C12H12Br/c1-2-12(13)11-8-7-9-5-3-4-6-10(9)11/h3-8,12H,2H2,1H3. The highest BCUT2D eigenvalue weighted by Gasteiger charge is 2.22. The highest BCUT2D eigenvalue weighted by atomic mass is 79.9. The van der Waals surface area contributed by atoms with Crippen LogP contribution in [0.1, 0.15) is 24.5 Å². The monoisotopic (exact) mass is 235 g/mol. The van der Waals surface area contributed by atoms with E-state index >= 15 is 0 Å². The van der Waals surface area contributed by atoms with Crippen molar-refractivity contribution >= 4 is 22.0 Å². The van der Waals surface area contributed by atoms with Gasteiger partial charge in [0, 0.05) is 10.7 Å². The second-order valence-electron chi connectivity index (χ2n) is 3.25. The lowest BCUT2D eigenvalue weighted by Gasteiger charge is -2.14. The van der Waals surface area contributed by atoms with Gasteiger partial charge in [-0.2, -0.15) is 0 Å². The summed E-state index contributed by atoms with van der Waals surface area (Å²) in [4.78, 5) is 0.493. The summed E-state index contributed by atoms with van der Waals surface area (Å²) in [6.07, 6.45) is 5.54. The van der Waals surface area contributed by atoms with Gasteiger partial charge in [0.05, 0.1) is 0 Å². The van der Waals surface area contributed by atoms with Gasteiger partial charge < -0.3 is 0 Å². The van der Waals surface area contributed by atoms with E-state index in [1.54, 1.807) is 0 Å². The molecule has 67 valence electrons. The van der Waals surface area contributed by atoms with Gasteiger partial charge in [-0.1, -0.05) is 59.3 Å². The number of rotatable bonds is 2. The molecule has 1 atom stereocenters. The Morgan fingerprint density at radius 3 is 2.77 bits per heavy atom. The molecule has 1 aliphatic rings. The number of halogens is 1. The molecule has 0 bridgehead atoms. The van der Waals surface area contributed by atoms with Crippen LogP contribution in [-0.2, 0) is 0 Å². The Morgan fingerprint density at radius 1 is 1.23 bits per heavy atom. The van der Waals surface area contributed by atoms with Gasteiger partial charge in [0.15, 0.2) is 0 Å². The molecule has 0 fully saturated rings. The molecular formula is C12H12Br. The number of allylic oxidation sites excluding steroid dienone is 1. The van der Waals surface area contributed by atoms with Crippen LogP contribution in [0.25, 0.3) is 6.08 Å². The number of hydrogen-bond acceptors (Lipinski definition) is 0. The van der Waals surface area contributed by atoms with Crippen LogP contribution in [0.3, 0.4) is 0 Å². The van der Waals surface area contributed by atoms with Gasteiger partial charge >= 0.3 is 0 Å². The lowest BCUT2D eigenvalue weighted by atomic mass is 9.96. The molecule has 13 heavy (non-hydrogen) atoms. The summed E-state index contributed by atoms with van der Waals surface area (Å²) < 4.78 is 0. The van der Waals surface area contributed by atoms with Gasteiger partial charge in [-0.15, -0.1) is 0 Å². The van der Waals surface area contributed by atoms with Gasteiger partial charge in [0.25, 0.3) is 0 Å². The second-order valence-corrected chi connectivity index (χ2v) is 4.36. The largest absolute Gasteiger partial charge is 0.0877 e. The average Bonchev–Trinajstić information content (AvgIpc) is 2.60. The van der Waals surface area contributed by atoms with E-state index in [1.165, 1.54) is 17.0 Å². The molecule has 1 aliphatic carbocycles. The molecule has 1 aromatic rings. The Balaban J connectivity index is 2.33. The fraction of sp³-hybridized carbons (Fsp3) is 0.250. The van der Waals surface area contributed by atoms with Crippen molar-refractivity contribution in [3.8, 4) is 0 Å². The van der Waals surface area contributed by atoms with Crippen molar-refractivity contribution in [1.82, 2.24) is 0 Å². The number of hydrogen-bond donors (Lipinski definition) is 0. The molecule has 2 rings (SSSR count). The van der Waals surface area contributed by atoms with Crippen molar-refractivity contribution in [2.45, 2.75) is 18.2 Å². The van der Waals surface area contributed by atoms with E-state index < -0.39 is 0 Å². The van der Waals surface area contributed by atoms with Crippen molar-refractivity contribution in [1.29, 1.82) is 0 Å². The zero-order chi connectivity index (χ0) is 9.26. The molecule has 0 nitrogen and oxygen atoms in total. The molecule has 1 unspecified atom stereocenters. The van der Waals surface area contributed by atoms with Crippen molar-refractivity contribution in [2.75, 3.05) is 0 Å². The first-order valence-corrected chi connectivity index (χ1v) is 5.53. The van der Waals surface area contributed by atoms with Crippen molar-refractivity contribution in [2.24, 2.45) is 0 Å². The molecule has 0 N–H and O–H groups in total. The molecule has 0 heterocycles. The van der Waals surface area contributed by atoms with Gasteiger partial charge in [-0.3, -0.25) is 0 Å². The van der Waals surface area contributed by atoms with Crippen LogP contribution in [0.15, 0.2) is 30.3 Å². The fourth-order valence-corrected chi connectivity index (χ4v) is 2.07. The minimum atomic E-state index is 0.493. The van der Waals surface area contributed by atoms with Crippen LogP contribution in [0, 0.1) is 5.92 Å². The first-order chi connectivity index (χ1) is 6.33. The van der Waals surface area contributed by atoms with E-state index in [0.29, 0.717) is 4.83 Å². The van der Waals surface area contributed by atoms with Crippen LogP contribution in [0.2, 0.25) is 0 Å². The summed E-state index contributed by atoms with van der Waals surface area (Å²) in [5, 5.41) is 0. The van der Waals surface area contributed by atoms with Crippen molar-refractivity contribution in [3.63, 3.8) is 0 Å². The van der Waals surface area contributed by atoms with E-state index in [2.05, 4.69) is 59.3 Å². The maximum absolute atomic E-state index is 3.69. The molecule has 1 aromatic carbocycles. The molecule has 0 spiro atoms. The van der Waals surface area contributed by atoms with E-state index in [1.807, 2.05) is 0 Å². The van der Waals surface area contributed by atoms with E-state index in [4.69, 9.17) is 0 Å². The zero-order valence-electron chi connectivity index (χ0n) is 7.63. The molecule has 0 amide bonds. The lowest BCUT2D eigenvalue weighted by Crippen LogP contribution is -2.08. The SMILES string of the molecule is CCC(Br)[C]1C=Cc2ccccc21. The zero-order valence-corrected chi connectivity index (χ0v) is 9.21. The maximum atomic E-state index is 3.69. The number of benzene rings is 1. The molecule has 1 radical (unpaired) electrons. The summed E-state index contributed by atoms with van der Waals surface area (Å²) >= 11 is 3.69. The van der Waals surface area contributed by atoms with Gasteiger partial charge in [0.1, 0.15) is 0 Å². The van der Waals surface area contributed by atoms with Crippen LogP contribution >= 0.6 is 15.9 Å². The van der Waals surface area contributed by atoms with Gasteiger partial charge in [-0.25, -0.2) is 0 Å². The smallest absolute Gasteiger partial charge is 0.0409 e. The molecular weight excluding hydrogens is 224 g/mol. The average molecular weight is 236 g/mol. The molecule has 0 saturated carbocycles. The highest BCUT2D eigenvalue weighted by molar-refractivity contribution is 9.09. The predicted octanol–water partition coefficient (Wildman–Crippen LogP) is 3.81. The number of alkyl halides is 1. The van der Waals surface area contributed by atoms with Crippen LogP contribution in [0.4, 0.5) is 0 Å². The maximum Gasteiger partial charge on any atom is 0.0409 e. The minimum Gasteiger partial charge on any atom is -0.0877 e. The summed E-state index contributed by atoms with van der Waals surface area (Å²) in [5.74, 6) is 1.41. The molecule has 0 saturated heterocycles. The molecule has 0 aliphatic heterocycles. The minimum absolute atomic E-state index is 0.493. The topological polar surface area (TPSA) is 0 Å². The summed E-state index contributed by atoms with van der Waals surface area (Å²) in [6.45, 7) is 2.20. The Hall–Kier alpha value is -0.560. The predicted molar refractivity (Wildman–Crippen MR) is 60.8 cm³/mol. The third-order valence-corrected chi connectivity index (χ3v) is 3.55. The highest BCUT2D eigenvalue weighted by Crippen LogP contribution is 2.35. The third-order valence-electron chi connectivity index (χ3n) is 2.41. The second kappa shape index (κ2) is 3.67. The summed E-state index contributed by atoms with van der Waals surface area (Å²) in [7, 11) is 0. The molecule has 0 aromatic heterocycles. The van der Waals surface area contributed by atoms with Gasteiger partial charge in [0.2, 0.25) is 0 Å². The fourth-order valence-electron chi connectivity index (χ4n) is 1.67. The normalized spacial score (nSPS) is 17.4. The third kappa shape index (κ3) is 1.58. The van der Waals surface area contributed by atoms with Crippen molar-refractivity contribution < 1.29 is 0 Å². The van der Waals surface area contributed by atoms with E-state index in [0.717, 1.165) is 6.42 Å². The van der Waals surface area contributed by atoms with Crippen molar-refractivity contribution in [3.05, 3.63) is 47.4 Å². The van der Waals surface area contributed by atoms with Crippen LogP contribution in [0.5, 0.6) is 0 Å². The Morgan fingerprint density at radius 2 is 2.00 bits per heavy atom. The van der Waals surface area contributed by atoms with E-state index in [9.17, 15) is 0 Å². The van der Waals surface area contributed by atoms with Crippen LogP contribution in [-0.4, -0.2) is 4.83 Å². The summed E-state index contributed by atoms with van der Waals surface area (Å²) in [5.41, 5.74) is 2.72. The Bertz CT molecular complexity index is 328. The summed E-state index contributed by atoms with van der Waals surface area (Å²) in [6, 6.07) is 8.53. The number of fused-ring (bicyclic) bond motifs is 1. The Labute approximate surface area is 87.8 Å². The van der Waals surface area contributed by atoms with E-state index in [-0.39, 0.29) is 0 Å². The van der Waals surface area contributed by atoms with Gasteiger partial charge in [-0.05, 0) is 17.5 Å². The molecule has 1 heteroatoms. The van der Waals surface area contributed by atoms with Crippen LogP contribution < -0.4 is 0 Å². The lowest BCUT2D eigenvalue weighted by molar-refractivity contribution is 0.900. The first kappa shape index (κ1) is 9.01.